The van der Waals surface area contributed by atoms with E-state index in [1.807, 2.05) is 19.1 Å². The maximum Gasteiger partial charge on any atom is 0.228 e. The van der Waals surface area contributed by atoms with Gasteiger partial charge in [-0.15, -0.1) is 0 Å². The summed E-state index contributed by atoms with van der Waals surface area (Å²) in [5.74, 6) is 0.308. The summed E-state index contributed by atoms with van der Waals surface area (Å²) < 4.78 is 0. The molecule has 0 bridgehead atoms. The molecule has 1 aliphatic carbocycles. The molecule has 0 heterocycles. The SMILES string of the molecule is C[C@H]1C=CC[C@@H]1N(C=O)NC=O. The molecule has 12 heavy (non-hydrogen) atoms. The third-order valence-electron chi connectivity index (χ3n) is 2.10. The van der Waals surface area contributed by atoms with Crippen LogP contribution in [0.1, 0.15) is 13.3 Å². The molecule has 1 aliphatic rings. The lowest BCUT2D eigenvalue weighted by Gasteiger charge is -2.26. The minimum Gasteiger partial charge on any atom is -0.277 e. The second-order valence-electron chi connectivity index (χ2n) is 2.85. The smallest absolute Gasteiger partial charge is 0.228 e. The van der Waals surface area contributed by atoms with Crippen molar-refractivity contribution in [2.75, 3.05) is 0 Å². The first-order valence-electron chi connectivity index (χ1n) is 3.89. The Hall–Kier alpha value is -1.32. The number of nitrogens with one attached hydrogen (secondary N) is 1. The number of carbonyl (C=O) groups excluding carboxylic acids is 2. The van der Waals surface area contributed by atoms with E-state index in [1.165, 1.54) is 5.01 Å². The van der Waals surface area contributed by atoms with Gasteiger partial charge in [0.2, 0.25) is 12.8 Å². The van der Waals surface area contributed by atoms with Crippen LogP contribution in [0.15, 0.2) is 12.2 Å². The molecular formula is C8H12N2O2. The fraction of sp³-hybridized carbons (Fsp3) is 0.500. The first kappa shape index (κ1) is 8.77. The van der Waals surface area contributed by atoms with E-state index in [1.54, 1.807) is 0 Å². The average molecular weight is 168 g/mol. The van der Waals surface area contributed by atoms with Crippen molar-refractivity contribution in [2.24, 2.45) is 5.92 Å². The lowest BCUT2D eigenvalue weighted by atomic mass is 10.1. The molecule has 1 N–H and O–H groups in total. The van der Waals surface area contributed by atoms with Gasteiger partial charge >= 0.3 is 0 Å². The lowest BCUT2D eigenvalue weighted by Crippen LogP contribution is -2.45. The van der Waals surface area contributed by atoms with Crippen molar-refractivity contribution in [3.8, 4) is 0 Å². The summed E-state index contributed by atoms with van der Waals surface area (Å²) in [6.07, 6.45) is 6.01. The maximum atomic E-state index is 10.5. The van der Waals surface area contributed by atoms with Crippen molar-refractivity contribution in [3.05, 3.63) is 12.2 Å². The van der Waals surface area contributed by atoms with Crippen molar-refractivity contribution in [1.29, 1.82) is 0 Å². The second kappa shape index (κ2) is 3.90. The Morgan fingerprint density at radius 2 is 2.33 bits per heavy atom. The van der Waals surface area contributed by atoms with Gasteiger partial charge in [-0.1, -0.05) is 19.1 Å². The van der Waals surface area contributed by atoms with Crippen molar-refractivity contribution >= 4 is 12.8 Å². The van der Waals surface area contributed by atoms with E-state index in [4.69, 9.17) is 0 Å². The van der Waals surface area contributed by atoms with E-state index in [9.17, 15) is 9.59 Å². The summed E-state index contributed by atoms with van der Waals surface area (Å²) in [5.41, 5.74) is 2.35. The van der Waals surface area contributed by atoms with E-state index < -0.39 is 0 Å². The van der Waals surface area contributed by atoms with Crippen LogP contribution in [-0.4, -0.2) is 23.9 Å². The summed E-state index contributed by atoms with van der Waals surface area (Å²) in [6, 6.07) is 0.0766. The molecule has 0 aliphatic heterocycles. The van der Waals surface area contributed by atoms with Crippen LogP contribution in [0.3, 0.4) is 0 Å². The van der Waals surface area contributed by atoms with Crippen LogP contribution in [-0.2, 0) is 9.59 Å². The predicted octanol–water partition coefficient (Wildman–Crippen LogP) is 0.0704. The minimum absolute atomic E-state index is 0.0766. The molecule has 0 aromatic rings. The van der Waals surface area contributed by atoms with Crippen molar-refractivity contribution in [2.45, 2.75) is 19.4 Å². The van der Waals surface area contributed by atoms with Crippen LogP contribution in [0.4, 0.5) is 0 Å². The van der Waals surface area contributed by atoms with E-state index in [-0.39, 0.29) is 6.04 Å². The molecule has 1 rings (SSSR count). The average Bonchev–Trinajstić information content (AvgIpc) is 2.47. The Labute approximate surface area is 71.2 Å². The number of nitrogens with zero attached hydrogens (tertiary/aromatic N) is 1. The molecule has 0 spiro atoms. The molecule has 0 aromatic carbocycles. The third kappa shape index (κ3) is 1.64. The zero-order valence-electron chi connectivity index (χ0n) is 6.93. The summed E-state index contributed by atoms with van der Waals surface area (Å²) in [6.45, 7) is 2.01. The van der Waals surface area contributed by atoms with Gasteiger partial charge in [-0.05, 0) is 12.3 Å². The number of hydrogen-bond acceptors (Lipinski definition) is 2. The number of rotatable bonds is 4. The zero-order valence-corrected chi connectivity index (χ0v) is 6.93. The van der Waals surface area contributed by atoms with Crippen molar-refractivity contribution in [1.82, 2.24) is 10.4 Å². The summed E-state index contributed by atoms with van der Waals surface area (Å²) in [7, 11) is 0. The van der Waals surface area contributed by atoms with Gasteiger partial charge in [0.25, 0.3) is 0 Å². The van der Waals surface area contributed by atoms with Gasteiger partial charge in [-0.3, -0.25) is 20.0 Å². The van der Waals surface area contributed by atoms with Gasteiger partial charge in [0.15, 0.2) is 0 Å². The van der Waals surface area contributed by atoms with Crippen LogP contribution in [0, 0.1) is 5.92 Å². The van der Waals surface area contributed by atoms with Gasteiger partial charge in [0, 0.05) is 0 Å². The van der Waals surface area contributed by atoms with Crippen LogP contribution < -0.4 is 5.43 Å². The highest BCUT2D eigenvalue weighted by Gasteiger charge is 2.24. The number of hydrogen-bond donors (Lipinski definition) is 1. The van der Waals surface area contributed by atoms with Crippen molar-refractivity contribution in [3.63, 3.8) is 0 Å². The standard InChI is InChI=1S/C8H12N2O2/c1-7-3-2-4-8(7)10(6-12)9-5-11/h2-3,5-8H,4H2,1H3,(H,9,11)/t7-,8-/m0/s1. The first-order chi connectivity index (χ1) is 5.79. The molecule has 0 saturated carbocycles. The molecule has 0 saturated heterocycles. The highest BCUT2D eigenvalue weighted by atomic mass is 16.2. The highest BCUT2D eigenvalue weighted by Crippen LogP contribution is 2.20. The lowest BCUT2D eigenvalue weighted by molar-refractivity contribution is -0.130. The molecule has 2 atom stereocenters. The highest BCUT2D eigenvalue weighted by molar-refractivity contribution is 5.54. The molecule has 0 unspecified atom stereocenters. The molecule has 0 fully saturated rings. The summed E-state index contributed by atoms with van der Waals surface area (Å²) in [4.78, 5) is 20.6. The quantitative estimate of drug-likeness (QED) is 0.367. The second-order valence-corrected chi connectivity index (χ2v) is 2.85. The van der Waals surface area contributed by atoms with Gasteiger partial charge < -0.3 is 0 Å². The largest absolute Gasteiger partial charge is 0.277 e. The van der Waals surface area contributed by atoms with E-state index in [0.717, 1.165) is 6.42 Å². The molecule has 4 nitrogen and oxygen atoms in total. The van der Waals surface area contributed by atoms with Crippen LogP contribution in [0.5, 0.6) is 0 Å². The molecule has 0 aromatic heterocycles. The Balaban J connectivity index is 2.54. The van der Waals surface area contributed by atoms with E-state index >= 15 is 0 Å². The zero-order chi connectivity index (χ0) is 8.97. The van der Waals surface area contributed by atoms with Crippen LogP contribution in [0.25, 0.3) is 0 Å². The Morgan fingerprint density at radius 3 is 2.75 bits per heavy atom. The third-order valence-corrected chi connectivity index (χ3v) is 2.10. The fourth-order valence-electron chi connectivity index (χ4n) is 1.41. The first-order valence-corrected chi connectivity index (χ1v) is 3.89. The van der Waals surface area contributed by atoms with Crippen LogP contribution in [0.2, 0.25) is 0 Å². The van der Waals surface area contributed by atoms with Gasteiger partial charge in [-0.2, -0.15) is 0 Å². The monoisotopic (exact) mass is 168 g/mol. The maximum absolute atomic E-state index is 10.5. The molecular weight excluding hydrogens is 156 g/mol. The molecule has 4 heteroatoms. The Bertz CT molecular complexity index is 203. The van der Waals surface area contributed by atoms with Crippen molar-refractivity contribution < 1.29 is 9.59 Å². The molecule has 0 radical (unpaired) electrons. The van der Waals surface area contributed by atoms with E-state index in [2.05, 4.69) is 5.43 Å². The van der Waals surface area contributed by atoms with Gasteiger partial charge in [0.05, 0.1) is 6.04 Å². The minimum atomic E-state index is 0.0766. The summed E-state index contributed by atoms with van der Waals surface area (Å²) in [5, 5.41) is 1.30. The fourth-order valence-corrected chi connectivity index (χ4v) is 1.41. The predicted molar refractivity (Wildman–Crippen MR) is 43.8 cm³/mol. The Morgan fingerprint density at radius 1 is 1.58 bits per heavy atom. The molecule has 66 valence electrons. The van der Waals surface area contributed by atoms with Gasteiger partial charge in [0.1, 0.15) is 0 Å². The topological polar surface area (TPSA) is 49.4 Å². The molecule has 2 amide bonds. The van der Waals surface area contributed by atoms with Gasteiger partial charge in [-0.25, -0.2) is 0 Å². The number of hydrazine groups is 1. The Kier molecular flexibility index (Phi) is 2.85. The summed E-state index contributed by atoms with van der Waals surface area (Å²) >= 11 is 0. The number of amides is 2. The normalized spacial score (nSPS) is 26.8. The van der Waals surface area contributed by atoms with Crippen LogP contribution >= 0.6 is 0 Å². The number of carbonyl (C=O) groups is 2. The van der Waals surface area contributed by atoms with E-state index in [0.29, 0.717) is 18.7 Å².